The number of nitro groups is 1. The smallest absolute Gasteiger partial charge is 0.323 e. The van der Waals surface area contributed by atoms with Crippen molar-refractivity contribution in [2.24, 2.45) is 5.73 Å². The van der Waals surface area contributed by atoms with Crippen LogP contribution in [0.1, 0.15) is 13.3 Å². The maximum absolute atomic E-state index is 11.3. The van der Waals surface area contributed by atoms with Crippen molar-refractivity contribution in [3.05, 3.63) is 28.3 Å². The summed E-state index contributed by atoms with van der Waals surface area (Å²) in [7, 11) is 1.43. The molecule has 1 unspecified atom stereocenters. The lowest BCUT2D eigenvalue weighted by molar-refractivity contribution is -0.385. The molecule has 0 aliphatic rings. The van der Waals surface area contributed by atoms with E-state index in [1.54, 1.807) is 6.92 Å². The second-order valence-corrected chi connectivity index (χ2v) is 4.09. The molecule has 0 heterocycles. The molecule has 2 N–H and O–H groups in total. The van der Waals surface area contributed by atoms with Gasteiger partial charge in [-0.15, -0.1) is 0 Å². The number of nitrogens with zero attached hydrogens (tertiary/aromatic N) is 1. The van der Waals surface area contributed by atoms with E-state index in [0.717, 1.165) is 0 Å². The zero-order valence-corrected chi connectivity index (χ0v) is 11.9. The molecule has 1 aromatic rings. The van der Waals surface area contributed by atoms with Gasteiger partial charge in [-0.25, -0.2) is 0 Å². The average molecular weight is 298 g/mol. The lowest BCUT2D eigenvalue weighted by Gasteiger charge is -2.13. The van der Waals surface area contributed by atoms with Gasteiger partial charge in [0, 0.05) is 12.5 Å². The molecule has 0 aliphatic carbocycles. The highest BCUT2D eigenvalue weighted by Crippen LogP contribution is 2.31. The van der Waals surface area contributed by atoms with E-state index in [0.29, 0.717) is 5.75 Å². The Kier molecular flexibility index (Phi) is 6.41. The summed E-state index contributed by atoms with van der Waals surface area (Å²) in [5.74, 6) is 0.0835. The number of non-ortho nitro benzene ring substituents is 1. The maximum atomic E-state index is 11.3. The Labute approximate surface area is 121 Å². The highest BCUT2D eigenvalue weighted by atomic mass is 16.6. The molecule has 8 heteroatoms. The molecule has 0 saturated heterocycles. The van der Waals surface area contributed by atoms with Gasteiger partial charge in [0.15, 0.2) is 11.5 Å². The quantitative estimate of drug-likeness (QED) is 0.436. The van der Waals surface area contributed by atoms with Gasteiger partial charge in [-0.05, 0) is 13.0 Å². The van der Waals surface area contributed by atoms with Crippen LogP contribution in [0.25, 0.3) is 0 Å². The number of hydrogen-bond acceptors (Lipinski definition) is 7. The standard InChI is InChI=1S/C13H18N2O6/c1-3-20-13(16)10(14)6-7-21-12-8-9(15(17)18)4-5-11(12)19-2/h4-5,8,10H,3,6-7,14H2,1-2H3. The number of nitrogens with two attached hydrogens (primary N) is 1. The van der Waals surface area contributed by atoms with Crippen molar-refractivity contribution >= 4 is 11.7 Å². The Morgan fingerprint density at radius 3 is 2.71 bits per heavy atom. The number of ether oxygens (including phenoxy) is 3. The van der Waals surface area contributed by atoms with E-state index in [1.165, 1.54) is 25.3 Å². The van der Waals surface area contributed by atoms with Gasteiger partial charge in [0.2, 0.25) is 0 Å². The topological polar surface area (TPSA) is 114 Å². The Bertz CT molecular complexity index is 505. The van der Waals surface area contributed by atoms with E-state index in [9.17, 15) is 14.9 Å². The SMILES string of the molecule is CCOC(=O)C(N)CCOc1cc([N+](=O)[O-])ccc1OC. The summed E-state index contributed by atoms with van der Waals surface area (Å²) in [6.45, 7) is 2.05. The van der Waals surface area contributed by atoms with Gasteiger partial charge in [0.05, 0.1) is 31.3 Å². The first-order valence-electron chi connectivity index (χ1n) is 6.37. The number of nitro benzene ring substituents is 1. The Morgan fingerprint density at radius 1 is 1.43 bits per heavy atom. The third-order valence-electron chi connectivity index (χ3n) is 2.63. The van der Waals surface area contributed by atoms with E-state index in [1.807, 2.05) is 0 Å². The van der Waals surface area contributed by atoms with Gasteiger partial charge in [0.1, 0.15) is 6.04 Å². The highest BCUT2D eigenvalue weighted by molar-refractivity contribution is 5.75. The number of carbonyl (C=O) groups is 1. The summed E-state index contributed by atoms with van der Waals surface area (Å²) < 4.78 is 15.2. The lowest BCUT2D eigenvalue weighted by Crippen LogP contribution is -2.33. The van der Waals surface area contributed by atoms with Crippen LogP contribution in [0.2, 0.25) is 0 Å². The first kappa shape index (κ1) is 16.7. The van der Waals surface area contributed by atoms with E-state index in [-0.39, 0.29) is 31.1 Å². The second-order valence-electron chi connectivity index (χ2n) is 4.09. The molecule has 0 saturated carbocycles. The minimum absolute atomic E-state index is 0.109. The van der Waals surface area contributed by atoms with Gasteiger partial charge in [0.25, 0.3) is 5.69 Å². The number of carbonyl (C=O) groups excluding carboxylic acids is 1. The third kappa shape index (κ3) is 4.92. The number of hydrogen-bond donors (Lipinski definition) is 1. The highest BCUT2D eigenvalue weighted by Gasteiger charge is 2.16. The van der Waals surface area contributed by atoms with Crippen molar-refractivity contribution in [1.82, 2.24) is 0 Å². The molecule has 1 aromatic carbocycles. The first-order chi connectivity index (χ1) is 9.99. The van der Waals surface area contributed by atoms with Crippen LogP contribution in [0.15, 0.2) is 18.2 Å². The van der Waals surface area contributed by atoms with Crippen molar-refractivity contribution in [2.75, 3.05) is 20.3 Å². The second kappa shape index (κ2) is 8.05. The predicted octanol–water partition coefficient (Wildman–Crippen LogP) is 1.26. The zero-order chi connectivity index (χ0) is 15.8. The fraction of sp³-hybridized carbons (Fsp3) is 0.462. The number of methoxy groups -OCH3 is 1. The predicted molar refractivity (Wildman–Crippen MR) is 74.4 cm³/mol. The average Bonchev–Trinajstić information content (AvgIpc) is 2.47. The molecule has 0 aromatic heterocycles. The lowest BCUT2D eigenvalue weighted by atomic mass is 10.2. The van der Waals surface area contributed by atoms with Crippen LogP contribution in [-0.4, -0.2) is 37.3 Å². The third-order valence-corrected chi connectivity index (χ3v) is 2.63. The molecule has 1 rings (SSSR count). The van der Waals surface area contributed by atoms with Crippen molar-refractivity contribution in [1.29, 1.82) is 0 Å². The molecule has 0 amide bonds. The van der Waals surface area contributed by atoms with Crippen LogP contribution in [0.3, 0.4) is 0 Å². The fourth-order valence-electron chi connectivity index (χ4n) is 1.55. The molecular weight excluding hydrogens is 280 g/mol. The summed E-state index contributed by atoms with van der Waals surface area (Å²) in [6.07, 6.45) is 0.227. The van der Waals surface area contributed by atoms with E-state index in [4.69, 9.17) is 19.9 Å². The molecule has 21 heavy (non-hydrogen) atoms. The Balaban J connectivity index is 2.63. The Morgan fingerprint density at radius 2 is 2.14 bits per heavy atom. The van der Waals surface area contributed by atoms with Crippen molar-refractivity contribution in [3.8, 4) is 11.5 Å². The van der Waals surface area contributed by atoms with Crippen LogP contribution in [0, 0.1) is 10.1 Å². The summed E-state index contributed by atoms with van der Waals surface area (Å²) >= 11 is 0. The van der Waals surface area contributed by atoms with Gasteiger partial charge in [-0.3, -0.25) is 14.9 Å². The molecule has 8 nitrogen and oxygen atoms in total. The Hall–Kier alpha value is -2.35. The van der Waals surface area contributed by atoms with Crippen LogP contribution in [0.5, 0.6) is 11.5 Å². The molecule has 0 spiro atoms. The maximum Gasteiger partial charge on any atom is 0.323 e. The molecular formula is C13H18N2O6. The summed E-state index contributed by atoms with van der Waals surface area (Å²) in [5.41, 5.74) is 5.51. The van der Waals surface area contributed by atoms with Crippen LogP contribution >= 0.6 is 0 Å². The zero-order valence-electron chi connectivity index (χ0n) is 11.9. The van der Waals surface area contributed by atoms with Gasteiger partial charge >= 0.3 is 5.97 Å². The summed E-state index contributed by atoms with van der Waals surface area (Å²) in [5, 5.41) is 10.7. The molecule has 116 valence electrons. The van der Waals surface area contributed by atoms with Crippen molar-refractivity contribution < 1.29 is 23.9 Å². The minimum atomic E-state index is -0.797. The minimum Gasteiger partial charge on any atom is -0.493 e. The molecule has 1 atom stereocenters. The molecule has 0 radical (unpaired) electrons. The van der Waals surface area contributed by atoms with Crippen LogP contribution < -0.4 is 15.2 Å². The number of esters is 1. The summed E-state index contributed by atoms with van der Waals surface area (Å²) in [4.78, 5) is 21.5. The summed E-state index contributed by atoms with van der Waals surface area (Å²) in [6, 6.07) is 3.22. The number of rotatable bonds is 8. The fourth-order valence-corrected chi connectivity index (χ4v) is 1.55. The van der Waals surface area contributed by atoms with Crippen LogP contribution in [0.4, 0.5) is 5.69 Å². The van der Waals surface area contributed by atoms with E-state index >= 15 is 0 Å². The number of benzene rings is 1. The monoisotopic (exact) mass is 298 g/mol. The largest absolute Gasteiger partial charge is 0.493 e. The normalized spacial score (nSPS) is 11.6. The van der Waals surface area contributed by atoms with Crippen molar-refractivity contribution in [3.63, 3.8) is 0 Å². The van der Waals surface area contributed by atoms with Crippen LogP contribution in [-0.2, 0) is 9.53 Å². The van der Waals surface area contributed by atoms with E-state index < -0.39 is 16.9 Å². The van der Waals surface area contributed by atoms with Crippen molar-refractivity contribution in [2.45, 2.75) is 19.4 Å². The van der Waals surface area contributed by atoms with Gasteiger partial charge in [-0.2, -0.15) is 0 Å². The van der Waals surface area contributed by atoms with Gasteiger partial charge < -0.3 is 19.9 Å². The molecule has 0 aliphatic heterocycles. The molecule has 0 bridgehead atoms. The van der Waals surface area contributed by atoms with Gasteiger partial charge in [-0.1, -0.05) is 0 Å². The molecule has 0 fully saturated rings. The first-order valence-corrected chi connectivity index (χ1v) is 6.37. The van der Waals surface area contributed by atoms with E-state index in [2.05, 4.69) is 0 Å².